The van der Waals surface area contributed by atoms with Crippen LogP contribution in [0.4, 0.5) is 5.69 Å². The number of benzene rings is 2. The van der Waals surface area contributed by atoms with Crippen LogP contribution in [0.25, 0.3) is 5.69 Å². The van der Waals surface area contributed by atoms with Gasteiger partial charge in [-0.3, -0.25) is 9.59 Å². The topological polar surface area (TPSA) is 102 Å². The van der Waals surface area contributed by atoms with E-state index in [0.717, 1.165) is 0 Å². The van der Waals surface area contributed by atoms with Crippen molar-refractivity contribution >= 4 is 52.6 Å². The molecule has 0 fully saturated rings. The molecule has 0 saturated heterocycles. The van der Waals surface area contributed by atoms with Gasteiger partial charge in [-0.1, -0.05) is 41.6 Å². The average molecular weight is 477 g/mol. The Labute approximate surface area is 193 Å². The zero-order valence-electron chi connectivity index (χ0n) is 16.9. The number of carbonyl (C=O) groups is 2. The van der Waals surface area contributed by atoms with Gasteiger partial charge in [0.1, 0.15) is 6.04 Å². The van der Waals surface area contributed by atoms with Crippen LogP contribution in [0, 0.1) is 0 Å². The van der Waals surface area contributed by atoms with Gasteiger partial charge in [-0.2, -0.15) is 16.4 Å². The summed E-state index contributed by atoms with van der Waals surface area (Å²) in [7, 11) is 0. The molecule has 31 heavy (non-hydrogen) atoms. The number of nitrogens with one attached hydrogen (secondary N) is 2. The summed E-state index contributed by atoms with van der Waals surface area (Å²) < 4.78 is 1.59. The number of hydrogen-bond acceptors (Lipinski definition) is 7. The molecule has 2 N–H and O–H groups in total. The maximum absolute atomic E-state index is 13.0. The smallest absolute Gasteiger partial charge is 0.253 e. The van der Waals surface area contributed by atoms with E-state index in [1.54, 1.807) is 58.9 Å². The quantitative estimate of drug-likeness (QED) is 0.455. The summed E-state index contributed by atoms with van der Waals surface area (Å²) in [5, 5.41) is 18.3. The first-order valence-corrected chi connectivity index (χ1v) is 12.3. The number of hydrogen-bond donors (Lipinski definition) is 2. The summed E-state index contributed by atoms with van der Waals surface area (Å²) >= 11 is 9.14. The highest BCUT2D eigenvalue weighted by Crippen LogP contribution is 2.19. The number of aromatic nitrogens is 4. The maximum Gasteiger partial charge on any atom is 0.253 e. The molecule has 1 aromatic heterocycles. The van der Waals surface area contributed by atoms with Crippen LogP contribution in [0.15, 0.2) is 53.7 Å². The third kappa shape index (κ3) is 5.99. The molecule has 3 rings (SSSR count). The Morgan fingerprint density at radius 3 is 2.71 bits per heavy atom. The second kappa shape index (κ2) is 11.2. The zero-order valence-corrected chi connectivity index (χ0v) is 19.3. The van der Waals surface area contributed by atoms with E-state index in [1.165, 1.54) is 11.8 Å². The number of rotatable bonds is 9. The molecule has 0 aliphatic heterocycles. The second-order valence-corrected chi connectivity index (χ2v) is 8.57. The van der Waals surface area contributed by atoms with E-state index in [2.05, 4.69) is 26.2 Å². The van der Waals surface area contributed by atoms with Crippen molar-refractivity contribution in [2.24, 2.45) is 0 Å². The Hall–Kier alpha value is -2.56. The Morgan fingerprint density at radius 2 is 1.97 bits per heavy atom. The standard InChI is InChI=1S/C20H21ClN6O2S2/c1-30-11-10-17(23-18(28)15-8-3-4-9-16(15)21)19(29)22-13-6-5-7-14(12-13)27-20(31-2)24-25-26-27/h3-9,12,17H,10-11H2,1-2H3,(H,22,29)(H,23,28). The highest BCUT2D eigenvalue weighted by molar-refractivity contribution is 7.98. The number of carbonyl (C=O) groups excluding carboxylic acids is 2. The highest BCUT2D eigenvalue weighted by Gasteiger charge is 2.22. The van der Waals surface area contributed by atoms with E-state index in [-0.39, 0.29) is 11.8 Å². The molecule has 0 radical (unpaired) electrons. The Balaban J connectivity index is 1.76. The lowest BCUT2D eigenvalue weighted by Gasteiger charge is -2.19. The van der Waals surface area contributed by atoms with Gasteiger partial charge in [0.15, 0.2) is 0 Å². The van der Waals surface area contributed by atoms with Crippen molar-refractivity contribution < 1.29 is 9.59 Å². The largest absolute Gasteiger partial charge is 0.340 e. The first-order valence-electron chi connectivity index (χ1n) is 9.31. The van der Waals surface area contributed by atoms with Crippen LogP contribution in [0.5, 0.6) is 0 Å². The molecular weight excluding hydrogens is 456 g/mol. The molecule has 11 heteroatoms. The summed E-state index contributed by atoms with van der Waals surface area (Å²) in [6.07, 6.45) is 4.31. The van der Waals surface area contributed by atoms with Gasteiger partial charge in [0.05, 0.1) is 16.3 Å². The molecule has 8 nitrogen and oxygen atoms in total. The molecule has 0 saturated carbocycles. The molecule has 1 atom stereocenters. The van der Waals surface area contributed by atoms with Crippen LogP contribution in [-0.4, -0.2) is 56.3 Å². The summed E-state index contributed by atoms with van der Waals surface area (Å²) in [4.78, 5) is 25.6. The van der Waals surface area contributed by atoms with E-state index in [1.807, 2.05) is 18.6 Å². The molecule has 0 aliphatic carbocycles. The third-order valence-electron chi connectivity index (χ3n) is 4.33. The molecule has 162 valence electrons. The minimum Gasteiger partial charge on any atom is -0.340 e. The van der Waals surface area contributed by atoms with E-state index >= 15 is 0 Å². The van der Waals surface area contributed by atoms with Crippen molar-refractivity contribution in [3.8, 4) is 5.69 Å². The second-order valence-electron chi connectivity index (χ2n) is 6.40. The maximum atomic E-state index is 13.0. The molecule has 2 amide bonds. The van der Waals surface area contributed by atoms with Gasteiger partial charge in [0, 0.05) is 5.69 Å². The Bertz CT molecular complexity index is 1060. The Kier molecular flexibility index (Phi) is 8.33. The van der Waals surface area contributed by atoms with Crippen molar-refractivity contribution in [1.29, 1.82) is 0 Å². The molecular formula is C20H21ClN6O2S2. The van der Waals surface area contributed by atoms with Gasteiger partial charge in [-0.05, 0) is 65.4 Å². The summed E-state index contributed by atoms with van der Waals surface area (Å²) in [5.74, 6) is 0.00939. The van der Waals surface area contributed by atoms with Gasteiger partial charge in [-0.25, -0.2) is 0 Å². The fraction of sp³-hybridized carbons (Fsp3) is 0.250. The third-order valence-corrected chi connectivity index (χ3v) is 5.93. The van der Waals surface area contributed by atoms with Gasteiger partial charge in [-0.15, -0.1) is 5.10 Å². The lowest BCUT2D eigenvalue weighted by Crippen LogP contribution is -2.44. The molecule has 1 unspecified atom stereocenters. The van der Waals surface area contributed by atoms with Crippen molar-refractivity contribution in [2.45, 2.75) is 17.6 Å². The highest BCUT2D eigenvalue weighted by atomic mass is 35.5. The molecule has 0 bridgehead atoms. The predicted molar refractivity (Wildman–Crippen MR) is 125 cm³/mol. The zero-order chi connectivity index (χ0) is 22.2. The molecule has 0 spiro atoms. The fourth-order valence-corrected chi connectivity index (χ4v) is 3.92. The minimum absolute atomic E-state index is 0.312. The SMILES string of the molecule is CSCCC(NC(=O)c1ccccc1Cl)C(=O)Nc1cccc(-n2nnnc2SC)c1. The monoisotopic (exact) mass is 476 g/mol. The molecule has 2 aromatic carbocycles. The number of amides is 2. The van der Waals surface area contributed by atoms with Gasteiger partial charge >= 0.3 is 0 Å². The normalized spacial score (nSPS) is 11.7. The summed E-state index contributed by atoms with van der Waals surface area (Å²) in [6.45, 7) is 0. The lowest BCUT2D eigenvalue weighted by atomic mass is 10.1. The first kappa shape index (κ1) is 23.1. The Morgan fingerprint density at radius 1 is 1.16 bits per heavy atom. The van der Waals surface area contributed by atoms with Gasteiger partial charge < -0.3 is 10.6 Å². The van der Waals surface area contributed by atoms with E-state index in [9.17, 15) is 9.59 Å². The van der Waals surface area contributed by atoms with E-state index < -0.39 is 6.04 Å². The predicted octanol–water partition coefficient (Wildman–Crippen LogP) is 3.53. The van der Waals surface area contributed by atoms with Crippen LogP contribution in [-0.2, 0) is 4.79 Å². The van der Waals surface area contributed by atoms with Crippen LogP contribution in [0.1, 0.15) is 16.8 Å². The fourth-order valence-electron chi connectivity index (χ4n) is 2.80. The molecule has 3 aromatic rings. The van der Waals surface area contributed by atoms with Crippen molar-refractivity contribution in [1.82, 2.24) is 25.5 Å². The van der Waals surface area contributed by atoms with E-state index in [4.69, 9.17) is 11.6 Å². The molecule has 0 aliphatic rings. The lowest BCUT2D eigenvalue weighted by molar-refractivity contribution is -0.118. The van der Waals surface area contributed by atoms with Crippen LogP contribution in [0.3, 0.4) is 0 Å². The number of halogens is 1. The average Bonchev–Trinajstić information content (AvgIpc) is 3.26. The van der Waals surface area contributed by atoms with Crippen LogP contribution in [0.2, 0.25) is 5.02 Å². The van der Waals surface area contributed by atoms with Gasteiger partial charge in [0.25, 0.3) is 5.91 Å². The van der Waals surface area contributed by atoms with Crippen molar-refractivity contribution in [3.63, 3.8) is 0 Å². The first-order chi connectivity index (χ1) is 15.0. The summed E-state index contributed by atoms with van der Waals surface area (Å²) in [5.41, 5.74) is 1.62. The number of nitrogens with zero attached hydrogens (tertiary/aromatic N) is 4. The van der Waals surface area contributed by atoms with Crippen molar-refractivity contribution in [3.05, 3.63) is 59.1 Å². The minimum atomic E-state index is -0.713. The molecule has 1 heterocycles. The number of anilines is 1. The van der Waals surface area contributed by atoms with Crippen LogP contribution >= 0.6 is 35.1 Å². The number of thioether (sulfide) groups is 2. The van der Waals surface area contributed by atoms with E-state index in [0.29, 0.717) is 39.3 Å². The van der Waals surface area contributed by atoms with Gasteiger partial charge in [0.2, 0.25) is 11.1 Å². The van der Waals surface area contributed by atoms with Crippen LogP contribution < -0.4 is 10.6 Å². The number of tetrazole rings is 1. The van der Waals surface area contributed by atoms with Crippen molar-refractivity contribution in [2.75, 3.05) is 23.6 Å². The summed E-state index contributed by atoms with van der Waals surface area (Å²) in [6, 6.07) is 13.2.